The van der Waals surface area contributed by atoms with E-state index >= 15 is 0 Å². The summed E-state index contributed by atoms with van der Waals surface area (Å²) in [4.78, 5) is 39.4. The van der Waals surface area contributed by atoms with Crippen molar-refractivity contribution >= 4 is 34.6 Å². The van der Waals surface area contributed by atoms with Crippen molar-refractivity contribution in [2.24, 2.45) is 0 Å². The van der Waals surface area contributed by atoms with Crippen molar-refractivity contribution in [2.45, 2.75) is 26.6 Å². The van der Waals surface area contributed by atoms with E-state index in [1.807, 2.05) is 12.3 Å². The van der Waals surface area contributed by atoms with Crippen molar-refractivity contribution in [1.82, 2.24) is 4.98 Å². The quantitative estimate of drug-likeness (QED) is 0.317. The van der Waals surface area contributed by atoms with Crippen molar-refractivity contribution in [3.63, 3.8) is 0 Å². The van der Waals surface area contributed by atoms with E-state index < -0.39 is 22.9 Å². The van der Waals surface area contributed by atoms with Gasteiger partial charge in [-0.05, 0) is 44.2 Å². The molecule has 10 heteroatoms. The second kappa shape index (κ2) is 9.81. The van der Waals surface area contributed by atoms with Crippen molar-refractivity contribution in [1.29, 1.82) is 0 Å². The maximum atomic E-state index is 12.3. The van der Waals surface area contributed by atoms with Crippen LogP contribution in [0, 0.1) is 17.0 Å². The Morgan fingerprint density at radius 1 is 1.19 bits per heavy atom. The van der Waals surface area contributed by atoms with Crippen LogP contribution in [0.1, 0.15) is 28.0 Å². The maximum Gasteiger partial charge on any atom is 0.338 e. The summed E-state index contributed by atoms with van der Waals surface area (Å²) in [6.07, 6.45) is -1.16. The molecule has 160 valence electrons. The Bertz CT molecular complexity index is 1100. The fourth-order valence-corrected chi connectivity index (χ4v) is 3.17. The van der Waals surface area contributed by atoms with Gasteiger partial charge in [0, 0.05) is 11.4 Å². The van der Waals surface area contributed by atoms with Crippen LogP contribution >= 0.6 is 11.3 Å². The fourth-order valence-electron chi connectivity index (χ4n) is 2.57. The van der Waals surface area contributed by atoms with Crippen molar-refractivity contribution in [3.05, 3.63) is 80.3 Å². The zero-order chi connectivity index (χ0) is 22.4. The van der Waals surface area contributed by atoms with Crippen LogP contribution in [0.4, 0.5) is 11.4 Å². The Morgan fingerprint density at radius 2 is 1.90 bits per heavy atom. The van der Waals surface area contributed by atoms with Gasteiger partial charge in [-0.15, -0.1) is 11.3 Å². The largest absolute Gasteiger partial charge is 0.487 e. The Morgan fingerprint density at radius 3 is 2.55 bits per heavy atom. The number of esters is 1. The molecule has 1 atom stereocenters. The molecule has 1 unspecified atom stereocenters. The second-order valence-electron chi connectivity index (χ2n) is 6.48. The number of rotatable bonds is 8. The summed E-state index contributed by atoms with van der Waals surface area (Å²) in [5, 5.41) is 16.3. The Kier molecular flexibility index (Phi) is 6.93. The lowest BCUT2D eigenvalue weighted by Crippen LogP contribution is -2.30. The molecule has 0 aliphatic heterocycles. The molecule has 0 radical (unpaired) electrons. The van der Waals surface area contributed by atoms with Crippen LogP contribution in [-0.4, -0.2) is 27.9 Å². The number of nitrogens with one attached hydrogen (secondary N) is 1. The van der Waals surface area contributed by atoms with Gasteiger partial charge in [0.25, 0.3) is 11.6 Å². The number of hydrogen-bond acceptors (Lipinski definition) is 8. The van der Waals surface area contributed by atoms with Gasteiger partial charge >= 0.3 is 5.97 Å². The number of para-hydroxylation sites is 2. The van der Waals surface area contributed by atoms with E-state index in [1.165, 1.54) is 48.6 Å². The number of amides is 1. The maximum absolute atomic E-state index is 12.3. The molecule has 1 N–H and O–H groups in total. The molecule has 9 nitrogen and oxygen atoms in total. The average Bonchev–Trinajstić information content (AvgIpc) is 3.17. The number of ether oxygens (including phenoxy) is 2. The molecule has 1 amide bonds. The Labute approximate surface area is 181 Å². The third-order valence-electron chi connectivity index (χ3n) is 4.15. The number of aryl methyl sites for hydroxylation is 1. The van der Waals surface area contributed by atoms with E-state index in [-0.39, 0.29) is 16.9 Å². The fraction of sp³-hybridized carbons (Fsp3) is 0.190. The highest BCUT2D eigenvalue weighted by Crippen LogP contribution is 2.23. The highest BCUT2D eigenvalue weighted by Gasteiger charge is 2.22. The van der Waals surface area contributed by atoms with Crippen LogP contribution in [0.25, 0.3) is 0 Å². The van der Waals surface area contributed by atoms with Gasteiger partial charge in [0.15, 0.2) is 6.10 Å². The topological polar surface area (TPSA) is 121 Å². The van der Waals surface area contributed by atoms with E-state index in [4.69, 9.17) is 9.47 Å². The molecule has 0 saturated heterocycles. The summed E-state index contributed by atoms with van der Waals surface area (Å²) < 4.78 is 10.8. The molecule has 0 aliphatic rings. The van der Waals surface area contributed by atoms with Crippen LogP contribution in [0.5, 0.6) is 5.75 Å². The molecule has 3 aromatic rings. The van der Waals surface area contributed by atoms with E-state index in [0.29, 0.717) is 12.4 Å². The third kappa shape index (κ3) is 5.86. The first kappa shape index (κ1) is 21.9. The normalized spacial score (nSPS) is 11.4. The molecule has 0 fully saturated rings. The van der Waals surface area contributed by atoms with Gasteiger partial charge in [0.05, 0.1) is 21.2 Å². The number of thiazole rings is 1. The summed E-state index contributed by atoms with van der Waals surface area (Å²) in [6.45, 7) is 3.61. The minimum Gasteiger partial charge on any atom is -0.487 e. The number of aromatic nitrogens is 1. The summed E-state index contributed by atoms with van der Waals surface area (Å²) in [7, 11) is 0. The van der Waals surface area contributed by atoms with Crippen LogP contribution in [0.15, 0.2) is 53.9 Å². The molecular weight excluding hydrogens is 422 g/mol. The molecule has 3 rings (SSSR count). The van der Waals surface area contributed by atoms with Crippen molar-refractivity contribution < 1.29 is 24.0 Å². The predicted molar refractivity (Wildman–Crippen MR) is 114 cm³/mol. The molecule has 2 aromatic carbocycles. The monoisotopic (exact) mass is 441 g/mol. The number of carbonyl (C=O) groups is 2. The number of nitro benzene ring substituents is 1. The lowest BCUT2D eigenvalue weighted by Gasteiger charge is -2.14. The van der Waals surface area contributed by atoms with Crippen LogP contribution in [0.2, 0.25) is 0 Å². The van der Waals surface area contributed by atoms with Gasteiger partial charge in [0.2, 0.25) is 0 Å². The first-order valence-corrected chi connectivity index (χ1v) is 10.1. The first-order valence-electron chi connectivity index (χ1n) is 9.22. The first-order chi connectivity index (χ1) is 14.8. The summed E-state index contributed by atoms with van der Waals surface area (Å²) >= 11 is 1.54. The van der Waals surface area contributed by atoms with Crippen LogP contribution in [0.3, 0.4) is 0 Å². The molecule has 31 heavy (non-hydrogen) atoms. The Balaban J connectivity index is 1.55. The Hall–Kier alpha value is -3.79. The smallest absolute Gasteiger partial charge is 0.338 e. The molecule has 0 aliphatic carbocycles. The molecular formula is C21H19N3O6S. The van der Waals surface area contributed by atoms with Crippen molar-refractivity contribution in [2.75, 3.05) is 5.32 Å². The summed E-state index contributed by atoms with van der Waals surface area (Å²) in [5.41, 5.74) is 0.835. The lowest BCUT2D eigenvalue weighted by molar-refractivity contribution is -0.383. The summed E-state index contributed by atoms with van der Waals surface area (Å²) in [6, 6.07) is 12.0. The number of benzene rings is 2. The van der Waals surface area contributed by atoms with E-state index in [0.717, 1.165) is 10.7 Å². The highest BCUT2D eigenvalue weighted by molar-refractivity contribution is 7.09. The van der Waals surface area contributed by atoms with Gasteiger partial charge < -0.3 is 14.8 Å². The second-order valence-corrected chi connectivity index (χ2v) is 7.54. The van der Waals surface area contributed by atoms with E-state index in [1.54, 1.807) is 18.2 Å². The molecule has 0 bridgehead atoms. The van der Waals surface area contributed by atoms with Gasteiger partial charge in [-0.2, -0.15) is 0 Å². The number of carbonyl (C=O) groups excluding carboxylic acids is 2. The van der Waals surface area contributed by atoms with Gasteiger partial charge in [-0.3, -0.25) is 14.9 Å². The number of nitrogens with zero attached hydrogens (tertiary/aromatic N) is 2. The van der Waals surface area contributed by atoms with E-state index in [2.05, 4.69) is 10.3 Å². The minimum absolute atomic E-state index is 0.0252. The van der Waals surface area contributed by atoms with Gasteiger partial charge in [0.1, 0.15) is 18.0 Å². The molecule has 0 saturated carbocycles. The van der Waals surface area contributed by atoms with Crippen LogP contribution in [-0.2, 0) is 16.1 Å². The molecule has 1 heterocycles. The predicted octanol–water partition coefficient (Wildman–Crippen LogP) is 4.12. The molecule has 0 spiro atoms. The van der Waals surface area contributed by atoms with Gasteiger partial charge in [-0.1, -0.05) is 12.1 Å². The number of nitro groups is 1. The van der Waals surface area contributed by atoms with Crippen LogP contribution < -0.4 is 10.1 Å². The molecule has 1 aromatic heterocycles. The SMILES string of the molecule is Cc1nc(COc2ccc(C(=O)OC(C)C(=O)Nc3ccccc3[N+](=O)[O-])cc2)cs1. The summed E-state index contributed by atoms with van der Waals surface area (Å²) in [5.74, 6) is -0.822. The number of anilines is 1. The van der Waals surface area contributed by atoms with E-state index in [9.17, 15) is 19.7 Å². The number of hydrogen-bond donors (Lipinski definition) is 1. The zero-order valence-electron chi connectivity index (χ0n) is 16.7. The minimum atomic E-state index is -1.16. The zero-order valence-corrected chi connectivity index (χ0v) is 17.5. The van der Waals surface area contributed by atoms with Crippen molar-refractivity contribution in [3.8, 4) is 5.75 Å². The average molecular weight is 441 g/mol. The third-order valence-corrected chi connectivity index (χ3v) is 4.98. The van der Waals surface area contributed by atoms with Gasteiger partial charge in [-0.25, -0.2) is 9.78 Å². The highest BCUT2D eigenvalue weighted by atomic mass is 32.1. The lowest BCUT2D eigenvalue weighted by atomic mass is 10.2. The standard InChI is InChI=1S/C21H19N3O6S/c1-13(20(25)23-18-5-3-4-6-19(18)24(27)28)30-21(26)15-7-9-17(10-8-15)29-11-16-12-31-14(2)22-16/h3-10,12-13H,11H2,1-2H3,(H,23,25).